The molecule has 1 aromatic carbocycles. The van der Waals surface area contributed by atoms with Gasteiger partial charge in [0.1, 0.15) is 5.75 Å². The van der Waals surface area contributed by atoms with Gasteiger partial charge in [-0.05, 0) is 12.5 Å². The third-order valence-electron chi connectivity index (χ3n) is 2.75. The number of ether oxygens (including phenoxy) is 1. The zero-order valence-electron chi connectivity index (χ0n) is 7.79. The summed E-state index contributed by atoms with van der Waals surface area (Å²) in [6.07, 6.45) is 1.44. The second-order valence-corrected chi connectivity index (χ2v) is 3.48. The Morgan fingerprint density at radius 3 is 3.00 bits per heavy atom. The minimum absolute atomic E-state index is 0.612. The van der Waals surface area contributed by atoms with Gasteiger partial charge in [0.15, 0.2) is 0 Å². The van der Waals surface area contributed by atoms with Crippen LogP contribution >= 0.6 is 0 Å². The van der Waals surface area contributed by atoms with Crippen molar-refractivity contribution in [1.29, 1.82) is 0 Å². The fraction of sp³-hybridized carbons (Fsp3) is 0.455. The van der Waals surface area contributed by atoms with Gasteiger partial charge in [-0.3, -0.25) is 0 Å². The fourth-order valence-electron chi connectivity index (χ4n) is 1.81. The predicted molar refractivity (Wildman–Crippen MR) is 50.7 cm³/mol. The molecule has 0 aliphatic carbocycles. The first-order chi connectivity index (χ1) is 6.26. The van der Waals surface area contributed by atoms with Crippen LogP contribution in [0.5, 0.6) is 5.75 Å². The lowest BCUT2D eigenvalue weighted by Crippen LogP contribution is -2.31. The van der Waals surface area contributed by atoms with E-state index in [1.54, 1.807) is 0 Å². The van der Waals surface area contributed by atoms with E-state index in [1.807, 2.05) is 31.2 Å². The Morgan fingerprint density at radius 2 is 2.23 bits per heavy atom. The number of para-hydroxylation sites is 1. The van der Waals surface area contributed by atoms with Gasteiger partial charge in [-0.15, -0.1) is 0 Å². The highest BCUT2D eigenvalue weighted by molar-refractivity contribution is 5.39. The summed E-state index contributed by atoms with van der Waals surface area (Å²) in [6, 6.07) is 7.72. The molecule has 0 unspecified atom stereocenters. The zero-order valence-corrected chi connectivity index (χ0v) is 7.79. The maximum Gasteiger partial charge on any atom is 0.125 e. The van der Waals surface area contributed by atoms with Gasteiger partial charge in [0.2, 0.25) is 0 Å². The van der Waals surface area contributed by atoms with Crippen LogP contribution in [-0.2, 0) is 5.60 Å². The number of benzene rings is 1. The fourth-order valence-corrected chi connectivity index (χ4v) is 1.81. The van der Waals surface area contributed by atoms with Crippen molar-refractivity contribution in [1.82, 2.24) is 0 Å². The van der Waals surface area contributed by atoms with Crippen LogP contribution in [0.4, 0.5) is 0 Å². The molecule has 1 N–H and O–H groups in total. The maximum atomic E-state index is 10.3. The molecular weight excluding hydrogens is 164 g/mol. The Kier molecular flexibility index (Phi) is 2.00. The SMILES string of the molecule is CC[C@]1(O)CCOc2ccccc21. The molecule has 1 aromatic rings. The van der Waals surface area contributed by atoms with Crippen molar-refractivity contribution in [2.45, 2.75) is 25.4 Å². The maximum absolute atomic E-state index is 10.3. The highest BCUT2D eigenvalue weighted by Crippen LogP contribution is 2.38. The molecular formula is C11H14O2. The smallest absolute Gasteiger partial charge is 0.125 e. The summed E-state index contributed by atoms with van der Waals surface area (Å²) < 4.78 is 5.46. The number of hydrogen-bond acceptors (Lipinski definition) is 2. The second-order valence-electron chi connectivity index (χ2n) is 3.48. The van der Waals surface area contributed by atoms with Gasteiger partial charge in [0.25, 0.3) is 0 Å². The van der Waals surface area contributed by atoms with E-state index in [4.69, 9.17) is 4.74 Å². The predicted octanol–water partition coefficient (Wildman–Crippen LogP) is 2.07. The molecule has 0 aromatic heterocycles. The first-order valence-corrected chi connectivity index (χ1v) is 4.71. The number of fused-ring (bicyclic) bond motifs is 1. The lowest BCUT2D eigenvalue weighted by molar-refractivity contribution is -0.00636. The van der Waals surface area contributed by atoms with Crippen molar-refractivity contribution < 1.29 is 9.84 Å². The number of hydrogen-bond donors (Lipinski definition) is 1. The lowest BCUT2D eigenvalue weighted by atomic mass is 9.86. The topological polar surface area (TPSA) is 29.5 Å². The Labute approximate surface area is 78.2 Å². The molecule has 2 heteroatoms. The van der Waals surface area contributed by atoms with Crippen LogP contribution in [0.3, 0.4) is 0 Å². The van der Waals surface area contributed by atoms with E-state index in [9.17, 15) is 5.11 Å². The molecule has 2 rings (SSSR count). The average Bonchev–Trinajstić information content (AvgIpc) is 2.19. The second kappa shape index (κ2) is 3.04. The Balaban J connectivity index is 2.48. The van der Waals surface area contributed by atoms with Crippen molar-refractivity contribution in [3.05, 3.63) is 29.8 Å². The number of rotatable bonds is 1. The Hall–Kier alpha value is -1.02. The van der Waals surface area contributed by atoms with Crippen LogP contribution in [0.1, 0.15) is 25.3 Å². The summed E-state index contributed by atoms with van der Waals surface area (Å²) in [5.74, 6) is 0.832. The van der Waals surface area contributed by atoms with Crippen molar-refractivity contribution in [3.63, 3.8) is 0 Å². The highest BCUT2D eigenvalue weighted by atomic mass is 16.5. The summed E-state index contributed by atoms with van der Waals surface area (Å²) in [5, 5.41) is 10.3. The molecule has 0 fully saturated rings. The summed E-state index contributed by atoms with van der Waals surface area (Å²) >= 11 is 0. The number of aliphatic hydroxyl groups is 1. The lowest BCUT2D eigenvalue weighted by Gasteiger charge is -2.33. The molecule has 1 atom stereocenters. The zero-order chi connectivity index (χ0) is 9.31. The molecule has 1 aliphatic rings. The van der Waals surface area contributed by atoms with Crippen molar-refractivity contribution in [2.24, 2.45) is 0 Å². The van der Waals surface area contributed by atoms with Gasteiger partial charge in [-0.2, -0.15) is 0 Å². The molecule has 0 bridgehead atoms. The van der Waals surface area contributed by atoms with Crippen LogP contribution in [0.2, 0.25) is 0 Å². The Morgan fingerprint density at radius 1 is 1.46 bits per heavy atom. The van der Waals surface area contributed by atoms with E-state index in [2.05, 4.69) is 0 Å². The van der Waals surface area contributed by atoms with E-state index >= 15 is 0 Å². The van der Waals surface area contributed by atoms with Gasteiger partial charge < -0.3 is 9.84 Å². The highest BCUT2D eigenvalue weighted by Gasteiger charge is 2.33. The van der Waals surface area contributed by atoms with E-state index in [0.717, 1.165) is 17.7 Å². The molecule has 13 heavy (non-hydrogen) atoms. The summed E-state index contributed by atoms with van der Waals surface area (Å²) in [7, 11) is 0. The normalized spacial score (nSPS) is 26.3. The van der Waals surface area contributed by atoms with Crippen molar-refractivity contribution in [3.8, 4) is 5.75 Å². The van der Waals surface area contributed by atoms with Gasteiger partial charge in [0.05, 0.1) is 12.2 Å². The average molecular weight is 178 g/mol. The van der Waals surface area contributed by atoms with E-state index < -0.39 is 5.60 Å². The third kappa shape index (κ3) is 1.31. The quantitative estimate of drug-likeness (QED) is 0.713. The van der Waals surface area contributed by atoms with Crippen LogP contribution in [0, 0.1) is 0 Å². The summed E-state index contributed by atoms with van der Waals surface area (Å²) in [5.41, 5.74) is 0.262. The largest absolute Gasteiger partial charge is 0.493 e. The molecule has 70 valence electrons. The van der Waals surface area contributed by atoms with Gasteiger partial charge in [0, 0.05) is 12.0 Å². The van der Waals surface area contributed by atoms with Crippen LogP contribution in [0.15, 0.2) is 24.3 Å². The van der Waals surface area contributed by atoms with Crippen LogP contribution < -0.4 is 4.74 Å². The molecule has 0 spiro atoms. The van der Waals surface area contributed by atoms with Crippen LogP contribution in [-0.4, -0.2) is 11.7 Å². The molecule has 0 amide bonds. The van der Waals surface area contributed by atoms with Crippen LogP contribution in [0.25, 0.3) is 0 Å². The monoisotopic (exact) mass is 178 g/mol. The third-order valence-corrected chi connectivity index (χ3v) is 2.75. The van der Waals surface area contributed by atoms with Gasteiger partial charge in [-0.1, -0.05) is 25.1 Å². The molecule has 1 aliphatic heterocycles. The van der Waals surface area contributed by atoms with Crippen molar-refractivity contribution in [2.75, 3.05) is 6.61 Å². The Bertz CT molecular complexity index is 309. The molecule has 1 heterocycles. The van der Waals surface area contributed by atoms with Crippen molar-refractivity contribution >= 4 is 0 Å². The first-order valence-electron chi connectivity index (χ1n) is 4.71. The summed E-state index contributed by atoms with van der Waals surface area (Å²) in [6.45, 7) is 2.61. The minimum Gasteiger partial charge on any atom is -0.493 e. The molecule has 0 saturated carbocycles. The van der Waals surface area contributed by atoms with E-state index in [-0.39, 0.29) is 0 Å². The standard InChI is InChI=1S/C11H14O2/c1-2-11(12)7-8-13-10-6-4-3-5-9(10)11/h3-6,12H,2,7-8H2,1H3/t11-/m0/s1. The molecule has 2 nitrogen and oxygen atoms in total. The molecule has 0 saturated heterocycles. The van der Waals surface area contributed by atoms with E-state index in [0.29, 0.717) is 13.0 Å². The minimum atomic E-state index is -0.672. The van der Waals surface area contributed by atoms with Gasteiger partial charge in [-0.25, -0.2) is 0 Å². The summed E-state index contributed by atoms with van der Waals surface area (Å²) in [4.78, 5) is 0. The first kappa shape index (κ1) is 8.57. The molecule has 0 radical (unpaired) electrons. The van der Waals surface area contributed by atoms with E-state index in [1.165, 1.54) is 0 Å². The van der Waals surface area contributed by atoms with Gasteiger partial charge >= 0.3 is 0 Å².